The SMILES string of the molecule is Cn1cnc(S(=O)(=O)NCCc2cccc(C(=O)O)c2)c1. The molecule has 2 N–H and O–H groups in total. The van der Waals surface area contributed by atoms with Crippen molar-refractivity contribution in [2.45, 2.75) is 11.4 Å². The van der Waals surface area contributed by atoms with Crippen molar-refractivity contribution >= 4 is 16.0 Å². The summed E-state index contributed by atoms with van der Waals surface area (Å²) in [6, 6.07) is 6.40. The molecule has 1 heterocycles. The fourth-order valence-corrected chi connectivity index (χ4v) is 2.80. The fourth-order valence-electron chi connectivity index (χ4n) is 1.79. The Hall–Kier alpha value is -2.19. The first kappa shape index (κ1) is 15.2. The van der Waals surface area contributed by atoms with Crippen LogP contribution in [0.1, 0.15) is 15.9 Å². The molecule has 0 aliphatic heterocycles. The summed E-state index contributed by atoms with van der Waals surface area (Å²) in [6.45, 7) is 0.169. The molecule has 0 amide bonds. The molecule has 2 rings (SSSR count). The predicted molar refractivity (Wildman–Crippen MR) is 75.5 cm³/mol. The number of hydrogen-bond donors (Lipinski definition) is 2. The van der Waals surface area contributed by atoms with Crippen molar-refractivity contribution in [1.29, 1.82) is 0 Å². The minimum absolute atomic E-state index is 0.0377. The van der Waals surface area contributed by atoms with Gasteiger partial charge in [-0.1, -0.05) is 12.1 Å². The number of aromatic carboxylic acids is 1. The van der Waals surface area contributed by atoms with Gasteiger partial charge in [0.25, 0.3) is 10.0 Å². The second-order valence-electron chi connectivity index (χ2n) is 4.53. The summed E-state index contributed by atoms with van der Waals surface area (Å²) in [4.78, 5) is 14.6. The number of nitrogens with one attached hydrogen (secondary N) is 1. The summed E-state index contributed by atoms with van der Waals surface area (Å²) in [7, 11) is -1.95. The van der Waals surface area contributed by atoms with Crippen LogP contribution in [0.3, 0.4) is 0 Å². The molecule has 0 aliphatic rings. The van der Waals surface area contributed by atoms with Gasteiger partial charge in [-0.05, 0) is 24.1 Å². The van der Waals surface area contributed by atoms with E-state index in [-0.39, 0.29) is 17.1 Å². The smallest absolute Gasteiger partial charge is 0.335 e. The van der Waals surface area contributed by atoms with Crippen molar-refractivity contribution in [2.75, 3.05) is 6.54 Å². The number of hydrogen-bond acceptors (Lipinski definition) is 4. The van der Waals surface area contributed by atoms with Crippen LogP contribution in [0.15, 0.2) is 41.8 Å². The zero-order valence-electron chi connectivity index (χ0n) is 11.4. The molecule has 0 saturated carbocycles. The molecule has 0 atom stereocenters. The van der Waals surface area contributed by atoms with Crippen molar-refractivity contribution in [1.82, 2.24) is 14.3 Å². The third-order valence-electron chi connectivity index (χ3n) is 2.84. The lowest BCUT2D eigenvalue weighted by Gasteiger charge is -2.05. The van der Waals surface area contributed by atoms with Crippen LogP contribution in [0, 0.1) is 0 Å². The number of aryl methyl sites for hydroxylation is 1. The molecule has 21 heavy (non-hydrogen) atoms. The van der Waals surface area contributed by atoms with Gasteiger partial charge in [0.15, 0.2) is 5.03 Å². The lowest BCUT2D eigenvalue weighted by Crippen LogP contribution is -2.26. The van der Waals surface area contributed by atoms with Crippen LogP contribution in [0.5, 0.6) is 0 Å². The minimum atomic E-state index is -3.63. The van der Waals surface area contributed by atoms with Crippen molar-refractivity contribution in [2.24, 2.45) is 7.05 Å². The standard InChI is InChI=1S/C13H15N3O4S/c1-16-8-12(14-9-16)21(19,20)15-6-5-10-3-2-4-11(7-10)13(17)18/h2-4,7-9,15H,5-6H2,1H3,(H,17,18). The molecule has 0 fully saturated rings. The van der Waals surface area contributed by atoms with Crippen LogP contribution in [-0.4, -0.2) is 35.6 Å². The summed E-state index contributed by atoms with van der Waals surface area (Å²) in [5.74, 6) is -1.01. The highest BCUT2D eigenvalue weighted by atomic mass is 32.2. The zero-order valence-corrected chi connectivity index (χ0v) is 12.2. The van der Waals surface area contributed by atoms with E-state index in [1.807, 2.05) is 0 Å². The molecule has 0 bridgehead atoms. The number of carboxylic acid groups (broad SMARTS) is 1. The van der Waals surface area contributed by atoms with Crippen molar-refractivity contribution < 1.29 is 18.3 Å². The van der Waals surface area contributed by atoms with E-state index in [1.165, 1.54) is 24.7 Å². The van der Waals surface area contributed by atoms with Crippen LogP contribution in [0.2, 0.25) is 0 Å². The number of benzene rings is 1. The van der Waals surface area contributed by atoms with Gasteiger partial charge >= 0.3 is 5.97 Å². The first-order chi connectivity index (χ1) is 9.88. The summed E-state index contributed by atoms with van der Waals surface area (Å²) in [5, 5.41) is 8.86. The number of aromatic nitrogens is 2. The van der Waals surface area contributed by atoms with Gasteiger partial charge in [0, 0.05) is 19.8 Å². The summed E-state index contributed by atoms with van der Waals surface area (Å²) < 4.78 is 27.8. The van der Waals surface area contributed by atoms with E-state index in [0.717, 1.165) is 5.56 Å². The Morgan fingerprint density at radius 2 is 2.19 bits per heavy atom. The molecule has 112 valence electrons. The van der Waals surface area contributed by atoms with Gasteiger partial charge in [-0.25, -0.2) is 22.9 Å². The lowest BCUT2D eigenvalue weighted by atomic mass is 10.1. The average Bonchev–Trinajstić information content (AvgIpc) is 2.86. The van der Waals surface area contributed by atoms with Gasteiger partial charge in [0.1, 0.15) is 0 Å². The number of carboxylic acids is 1. The van der Waals surface area contributed by atoms with Gasteiger partial charge in [0.05, 0.1) is 11.9 Å². The van der Waals surface area contributed by atoms with E-state index < -0.39 is 16.0 Å². The summed E-state index contributed by atoms with van der Waals surface area (Å²) in [6.07, 6.45) is 3.21. The summed E-state index contributed by atoms with van der Waals surface area (Å²) in [5.41, 5.74) is 0.929. The minimum Gasteiger partial charge on any atom is -0.478 e. The first-order valence-electron chi connectivity index (χ1n) is 6.18. The van der Waals surface area contributed by atoms with Gasteiger partial charge in [-0.3, -0.25) is 0 Å². The predicted octanol–water partition coefficient (Wildman–Crippen LogP) is 0.639. The van der Waals surface area contributed by atoms with Gasteiger partial charge in [-0.15, -0.1) is 0 Å². The monoisotopic (exact) mass is 309 g/mol. The molecule has 0 aliphatic carbocycles. The highest BCUT2D eigenvalue weighted by Crippen LogP contribution is 2.07. The molecular weight excluding hydrogens is 294 g/mol. The highest BCUT2D eigenvalue weighted by Gasteiger charge is 2.16. The number of imidazole rings is 1. The van der Waals surface area contributed by atoms with E-state index in [0.29, 0.717) is 6.42 Å². The summed E-state index contributed by atoms with van der Waals surface area (Å²) >= 11 is 0. The van der Waals surface area contributed by atoms with Crippen LogP contribution in [-0.2, 0) is 23.5 Å². The third-order valence-corrected chi connectivity index (χ3v) is 4.18. The average molecular weight is 309 g/mol. The molecule has 8 heteroatoms. The Kier molecular flexibility index (Phi) is 4.39. The zero-order chi connectivity index (χ0) is 15.5. The second kappa shape index (κ2) is 6.06. The number of sulfonamides is 1. The Labute approximate surface area is 122 Å². The normalized spacial score (nSPS) is 11.5. The number of nitrogens with zero attached hydrogens (tertiary/aromatic N) is 2. The number of rotatable bonds is 6. The Morgan fingerprint density at radius 3 is 2.81 bits per heavy atom. The van der Waals surface area contributed by atoms with Crippen LogP contribution in [0.4, 0.5) is 0 Å². The van der Waals surface area contributed by atoms with Crippen molar-refractivity contribution in [3.05, 3.63) is 47.9 Å². The van der Waals surface area contributed by atoms with E-state index in [2.05, 4.69) is 9.71 Å². The van der Waals surface area contributed by atoms with E-state index >= 15 is 0 Å². The number of carbonyl (C=O) groups is 1. The van der Waals surface area contributed by atoms with Crippen LogP contribution < -0.4 is 4.72 Å². The molecule has 0 spiro atoms. The fraction of sp³-hybridized carbons (Fsp3) is 0.231. The van der Waals surface area contributed by atoms with Crippen LogP contribution >= 0.6 is 0 Å². The molecule has 0 radical (unpaired) electrons. The van der Waals surface area contributed by atoms with Gasteiger partial charge in [-0.2, -0.15) is 0 Å². The Balaban J connectivity index is 1.98. The Morgan fingerprint density at radius 1 is 1.43 bits per heavy atom. The van der Waals surface area contributed by atoms with E-state index in [4.69, 9.17) is 5.11 Å². The molecule has 0 saturated heterocycles. The molecule has 7 nitrogen and oxygen atoms in total. The molecule has 2 aromatic rings. The first-order valence-corrected chi connectivity index (χ1v) is 7.67. The van der Waals surface area contributed by atoms with Gasteiger partial charge in [0.2, 0.25) is 0 Å². The lowest BCUT2D eigenvalue weighted by molar-refractivity contribution is 0.0696. The maximum Gasteiger partial charge on any atom is 0.335 e. The molecular formula is C13H15N3O4S. The van der Waals surface area contributed by atoms with Crippen LogP contribution in [0.25, 0.3) is 0 Å². The molecule has 1 aromatic carbocycles. The highest BCUT2D eigenvalue weighted by molar-refractivity contribution is 7.89. The van der Waals surface area contributed by atoms with E-state index in [9.17, 15) is 13.2 Å². The maximum atomic E-state index is 11.9. The van der Waals surface area contributed by atoms with E-state index in [1.54, 1.807) is 23.7 Å². The topological polar surface area (TPSA) is 101 Å². The second-order valence-corrected chi connectivity index (χ2v) is 6.24. The van der Waals surface area contributed by atoms with Crippen molar-refractivity contribution in [3.63, 3.8) is 0 Å². The third kappa shape index (κ3) is 3.89. The molecule has 1 aromatic heterocycles. The maximum absolute atomic E-state index is 11.9. The van der Waals surface area contributed by atoms with Gasteiger partial charge < -0.3 is 9.67 Å². The molecule has 0 unspecified atom stereocenters. The van der Waals surface area contributed by atoms with Crippen molar-refractivity contribution in [3.8, 4) is 0 Å². The largest absolute Gasteiger partial charge is 0.478 e. The Bertz CT molecular complexity index is 752. The quantitative estimate of drug-likeness (QED) is 0.815.